The van der Waals surface area contributed by atoms with E-state index in [1.165, 1.54) is 6.92 Å². The van der Waals surface area contributed by atoms with Crippen LogP contribution in [-0.2, 0) is 14.4 Å². The fraction of sp³-hybridized carbons (Fsp3) is 0.667. The molecule has 3 nitrogen and oxygen atoms in total. The molecule has 0 N–H and O–H groups in total. The van der Waals surface area contributed by atoms with Crippen LogP contribution in [0.2, 0.25) is 0 Å². The van der Waals surface area contributed by atoms with Gasteiger partial charge in [0.1, 0.15) is 5.78 Å². The van der Waals surface area contributed by atoms with Gasteiger partial charge in [0.05, 0.1) is 5.92 Å². The molecule has 0 spiro atoms. The lowest BCUT2D eigenvalue weighted by Gasteiger charge is -2.29. The summed E-state index contributed by atoms with van der Waals surface area (Å²) in [6, 6.07) is 0. The largest absolute Gasteiger partial charge is 0.298 e. The zero-order valence-electron chi connectivity index (χ0n) is 7.51. The predicted octanol–water partition coefficient (Wildman–Crippen LogP) is 0.760. The molecule has 0 bridgehead atoms. The molecule has 1 aliphatic carbocycles. The Bertz CT molecular complexity index is 263. The fourth-order valence-corrected chi connectivity index (χ4v) is 1.52. The van der Waals surface area contributed by atoms with Crippen LogP contribution in [0.15, 0.2) is 0 Å². The third-order valence-corrected chi connectivity index (χ3v) is 2.33. The second-order valence-electron chi connectivity index (χ2n) is 3.93. The highest BCUT2D eigenvalue weighted by molar-refractivity contribution is 6.44. The first kappa shape index (κ1) is 9.10. The summed E-state index contributed by atoms with van der Waals surface area (Å²) in [7, 11) is 0. The Labute approximate surface area is 71.1 Å². The summed E-state index contributed by atoms with van der Waals surface area (Å²) in [5.74, 6) is -1.79. The lowest BCUT2D eigenvalue weighted by Crippen LogP contribution is -2.44. The molecular formula is C9H12O3. The molecule has 1 aliphatic rings. The number of Topliss-reactive ketones (excluding diaryl/α,β-unsaturated/α-hetero) is 3. The van der Waals surface area contributed by atoms with Gasteiger partial charge < -0.3 is 0 Å². The van der Waals surface area contributed by atoms with Crippen LogP contribution in [0.4, 0.5) is 0 Å². The van der Waals surface area contributed by atoms with Crippen molar-refractivity contribution in [1.82, 2.24) is 0 Å². The van der Waals surface area contributed by atoms with E-state index in [9.17, 15) is 14.4 Å². The second kappa shape index (κ2) is 2.51. The lowest BCUT2D eigenvalue weighted by atomic mass is 9.70. The molecule has 3 heteroatoms. The van der Waals surface area contributed by atoms with E-state index in [4.69, 9.17) is 0 Å². The van der Waals surface area contributed by atoms with Crippen molar-refractivity contribution >= 4 is 17.3 Å². The Morgan fingerprint density at radius 3 is 2.25 bits per heavy atom. The van der Waals surface area contributed by atoms with Gasteiger partial charge in [-0.2, -0.15) is 0 Å². The molecule has 12 heavy (non-hydrogen) atoms. The minimum absolute atomic E-state index is 0.0645. The van der Waals surface area contributed by atoms with Gasteiger partial charge in [-0.1, -0.05) is 13.8 Å². The molecule has 0 heterocycles. The van der Waals surface area contributed by atoms with Gasteiger partial charge in [-0.25, -0.2) is 0 Å². The van der Waals surface area contributed by atoms with Crippen molar-refractivity contribution in [1.29, 1.82) is 0 Å². The van der Waals surface area contributed by atoms with Gasteiger partial charge in [-0.15, -0.1) is 0 Å². The number of ketones is 3. The van der Waals surface area contributed by atoms with E-state index >= 15 is 0 Å². The lowest BCUT2D eigenvalue weighted by molar-refractivity contribution is -0.151. The Morgan fingerprint density at radius 2 is 1.75 bits per heavy atom. The highest BCUT2D eigenvalue weighted by atomic mass is 16.2. The molecule has 0 aromatic rings. The van der Waals surface area contributed by atoms with E-state index in [-0.39, 0.29) is 12.2 Å². The third-order valence-electron chi connectivity index (χ3n) is 2.33. The molecule has 66 valence electrons. The van der Waals surface area contributed by atoms with Gasteiger partial charge in [0, 0.05) is 11.8 Å². The molecule has 1 rings (SSSR count). The minimum atomic E-state index is -0.735. The van der Waals surface area contributed by atoms with Crippen molar-refractivity contribution in [2.75, 3.05) is 0 Å². The first-order valence-electron chi connectivity index (χ1n) is 3.97. The van der Waals surface area contributed by atoms with Gasteiger partial charge >= 0.3 is 0 Å². The molecule has 0 radical (unpaired) electrons. The molecule has 0 saturated heterocycles. The summed E-state index contributed by atoms with van der Waals surface area (Å²) in [6.45, 7) is 4.91. The Morgan fingerprint density at radius 1 is 1.25 bits per heavy atom. The normalized spacial score (nSPS) is 29.2. The quantitative estimate of drug-likeness (QED) is 0.396. The van der Waals surface area contributed by atoms with Crippen molar-refractivity contribution in [3.63, 3.8) is 0 Å². The summed E-state index contributed by atoms with van der Waals surface area (Å²) in [6.07, 6.45) is 0.0645. The van der Waals surface area contributed by atoms with Crippen molar-refractivity contribution in [2.45, 2.75) is 27.2 Å². The van der Waals surface area contributed by atoms with Crippen LogP contribution >= 0.6 is 0 Å². The molecule has 0 aromatic heterocycles. The Kier molecular flexibility index (Phi) is 1.90. The highest BCUT2D eigenvalue weighted by Gasteiger charge is 2.44. The maximum Gasteiger partial charge on any atom is 0.208 e. The van der Waals surface area contributed by atoms with Crippen molar-refractivity contribution in [3.8, 4) is 0 Å². The average molecular weight is 168 g/mol. The maximum absolute atomic E-state index is 11.4. The van der Waals surface area contributed by atoms with Crippen molar-refractivity contribution in [2.24, 2.45) is 11.3 Å². The van der Waals surface area contributed by atoms with Gasteiger partial charge in [-0.3, -0.25) is 14.4 Å². The van der Waals surface area contributed by atoms with Gasteiger partial charge in [-0.05, 0) is 6.92 Å². The SMILES string of the molecule is CC1C(=O)C(=O)CC(C)(C)C1=O. The second-order valence-corrected chi connectivity index (χ2v) is 3.93. The number of carbonyl (C=O) groups excluding carboxylic acids is 3. The molecule has 1 fully saturated rings. The molecule has 0 amide bonds. The van der Waals surface area contributed by atoms with Crippen LogP contribution in [0.25, 0.3) is 0 Å². The zero-order chi connectivity index (χ0) is 9.52. The number of hydrogen-bond donors (Lipinski definition) is 0. The Balaban J connectivity index is 3.01. The van der Waals surface area contributed by atoms with Crippen LogP contribution in [-0.4, -0.2) is 17.3 Å². The van der Waals surface area contributed by atoms with E-state index in [0.29, 0.717) is 0 Å². The summed E-state index contributed by atoms with van der Waals surface area (Å²) < 4.78 is 0. The average Bonchev–Trinajstić information content (AvgIpc) is 1.97. The standard InChI is InChI=1S/C9H12O3/c1-5-7(11)6(10)4-9(2,3)8(5)12/h5H,4H2,1-3H3. The first-order valence-corrected chi connectivity index (χ1v) is 3.97. The molecule has 1 saturated carbocycles. The summed E-state index contributed by atoms with van der Waals surface area (Å²) >= 11 is 0. The van der Waals surface area contributed by atoms with E-state index < -0.39 is 22.9 Å². The summed E-state index contributed by atoms with van der Waals surface area (Å²) in [4.78, 5) is 33.5. The monoisotopic (exact) mass is 168 g/mol. The van der Waals surface area contributed by atoms with Crippen LogP contribution in [0.3, 0.4) is 0 Å². The van der Waals surface area contributed by atoms with Crippen LogP contribution < -0.4 is 0 Å². The van der Waals surface area contributed by atoms with E-state index in [1.807, 2.05) is 0 Å². The van der Waals surface area contributed by atoms with E-state index in [1.54, 1.807) is 13.8 Å². The zero-order valence-corrected chi connectivity index (χ0v) is 7.51. The molecule has 1 atom stereocenters. The number of hydrogen-bond acceptors (Lipinski definition) is 3. The van der Waals surface area contributed by atoms with E-state index in [2.05, 4.69) is 0 Å². The van der Waals surface area contributed by atoms with Crippen molar-refractivity contribution < 1.29 is 14.4 Å². The topological polar surface area (TPSA) is 51.2 Å². The van der Waals surface area contributed by atoms with Crippen molar-refractivity contribution in [3.05, 3.63) is 0 Å². The smallest absolute Gasteiger partial charge is 0.208 e. The molecule has 0 aromatic carbocycles. The van der Waals surface area contributed by atoms with Crippen LogP contribution in [0, 0.1) is 11.3 Å². The highest BCUT2D eigenvalue weighted by Crippen LogP contribution is 2.31. The molecule has 1 unspecified atom stereocenters. The maximum atomic E-state index is 11.4. The third kappa shape index (κ3) is 1.19. The fourth-order valence-electron chi connectivity index (χ4n) is 1.52. The summed E-state index contributed by atoms with van der Waals surface area (Å²) in [5, 5.41) is 0. The van der Waals surface area contributed by atoms with E-state index in [0.717, 1.165) is 0 Å². The Hall–Kier alpha value is -0.990. The summed E-state index contributed by atoms with van der Waals surface area (Å²) in [5.41, 5.74) is -0.648. The predicted molar refractivity (Wildman–Crippen MR) is 42.6 cm³/mol. The van der Waals surface area contributed by atoms with Gasteiger partial charge in [0.25, 0.3) is 0 Å². The minimum Gasteiger partial charge on any atom is -0.298 e. The van der Waals surface area contributed by atoms with Gasteiger partial charge in [0.2, 0.25) is 5.78 Å². The van der Waals surface area contributed by atoms with Crippen LogP contribution in [0.5, 0.6) is 0 Å². The molecular weight excluding hydrogens is 156 g/mol. The van der Waals surface area contributed by atoms with Crippen LogP contribution in [0.1, 0.15) is 27.2 Å². The number of carbonyl (C=O) groups is 3. The molecule has 0 aliphatic heterocycles. The number of rotatable bonds is 0. The van der Waals surface area contributed by atoms with Gasteiger partial charge in [0.15, 0.2) is 5.78 Å². The first-order chi connectivity index (χ1) is 5.36.